The molecule has 0 radical (unpaired) electrons. The Hall–Kier alpha value is -2.52. The van der Waals surface area contributed by atoms with E-state index in [4.69, 9.17) is 0 Å². The molecule has 2 nitrogen and oxygen atoms in total. The van der Waals surface area contributed by atoms with Gasteiger partial charge in [-0.3, -0.25) is 9.69 Å². The van der Waals surface area contributed by atoms with Crippen LogP contribution in [-0.4, -0.2) is 11.7 Å². The van der Waals surface area contributed by atoms with Gasteiger partial charge in [-0.25, -0.2) is 0 Å². The van der Waals surface area contributed by atoms with Gasteiger partial charge >= 0.3 is 0 Å². The molecule has 0 spiro atoms. The Morgan fingerprint density at radius 2 is 1.38 bits per heavy atom. The maximum absolute atomic E-state index is 13.2. The van der Waals surface area contributed by atoms with Crippen LogP contribution >= 0.6 is 11.8 Å². The predicted molar refractivity (Wildman–Crippen MR) is 109 cm³/mol. The highest BCUT2D eigenvalue weighted by Crippen LogP contribution is 2.36. The molecule has 0 saturated heterocycles. The molecule has 3 aromatic carbocycles. The second-order valence-electron chi connectivity index (χ2n) is 6.59. The van der Waals surface area contributed by atoms with Crippen molar-refractivity contribution in [1.82, 2.24) is 0 Å². The number of thioether (sulfide) groups is 1. The van der Waals surface area contributed by atoms with E-state index in [-0.39, 0.29) is 5.91 Å². The second kappa shape index (κ2) is 7.38. The molecule has 1 aliphatic rings. The van der Waals surface area contributed by atoms with Gasteiger partial charge in [0, 0.05) is 4.90 Å². The molecule has 3 aromatic rings. The number of hydrogen-bond acceptors (Lipinski definition) is 2. The lowest BCUT2D eigenvalue weighted by atomic mass is 10.0. The van der Waals surface area contributed by atoms with Gasteiger partial charge in [-0.15, -0.1) is 11.8 Å². The first kappa shape index (κ1) is 16.9. The molecule has 130 valence electrons. The zero-order valence-electron chi connectivity index (χ0n) is 14.8. The fourth-order valence-corrected chi connectivity index (χ4v) is 4.14. The van der Waals surface area contributed by atoms with Crippen LogP contribution in [0.25, 0.3) is 0 Å². The monoisotopic (exact) mass is 359 g/mol. The molecule has 0 unspecified atom stereocenters. The summed E-state index contributed by atoms with van der Waals surface area (Å²) in [4.78, 5) is 16.3. The van der Waals surface area contributed by atoms with Crippen molar-refractivity contribution in [1.29, 1.82) is 0 Å². The predicted octanol–water partition coefficient (Wildman–Crippen LogP) is 5.55. The number of fused-ring (bicyclic) bond motifs is 2. The number of carbonyl (C=O) groups is 1. The van der Waals surface area contributed by atoms with Crippen LogP contribution in [0, 0.1) is 6.92 Å². The highest BCUT2D eigenvalue weighted by molar-refractivity contribution is 8.00. The van der Waals surface area contributed by atoms with E-state index < -0.39 is 0 Å². The van der Waals surface area contributed by atoms with E-state index in [0.29, 0.717) is 5.75 Å². The Bertz CT molecular complexity index is 885. The summed E-state index contributed by atoms with van der Waals surface area (Å²) < 4.78 is 0. The van der Waals surface area contributed by atoms with Crippen molar-refractivity contribution in [2.75, 3.05) is 10.7 Å². The molecule has 26 heavy (non-hydrogen) atoms. The third-order valence-electron chi connectivity index (χ3n) is 4.76. The first-order valence-corrected chi connectivity index (χ1v) is 9.89. The Kier molecular flexibility index (Phi) is 4.81. The average molecular weight is 359 g/mol. The SMILES string of the molecule is Cc1ccc(SCC(=O)N2c3ccccc3CCc3ccccc32)cc1. The van der Waals surface area contributed by atoms with Gasteiger partial charge < -0.3 is 0 Å². The lowest BCUT2D eigenvalue weighted by molar-refractivity contribution is -0.115. The number of nitrogens with zero attached hydrogens (tertiary/aromatic N) is 1. The topological polar surface area (TPSA) is 20.3 Å². The summed E-state index contributed by atoms with van der Waals surface area (Å²) in [5.41, 5.74) is 5.74. The molecule has 0 atom stereocenters. The first-order valence-electron chi connectivity index (χ1n) is 8.90. The average Bonchev–Trinajstić information content (AvgIpc) is 2.84. The summed E-state index contributed by atoms with van der Waals surface area (Å²) in [5.74, 6) is 0.545. The Morgan fingerprint density at radius 3 is 1.96 bits per heavy atom. The van der Waals surface area contributed by atoms with Crippen LogP contribution in [0.15, 0.2) is 77.7 Å². The first-order chi connectivity index (χ1) is 12.7. The largest absolute Gasteiger partial charge is 0.280 e. The van der Waals surface area contributed by atoms with E-state index in [0.717, 1.165) is 29.1 Å². The molecule has 0 bridgehead atoms. The van der Waals surface area contributed by atoms with Crippen molar-refractivity contribution in [2.45, 2.75) is 24.7 Å². The number of amides is 1. The zero-order chi connectivity index (χ0) is 17.9. The summed E-state index contributed by atoms with van der Waals surface area (Å²) in [6.45, 7) is 2.07. The zero-order valence-corrected chi connectivity index (χ0v) is 15.6. The molecular formula is C23H21NOS. The van der Waals surface area contributed by atoms with Crippen molar-refractivity contribution in [3.8, 4) is 0 Å². The quantitative estimate of drug-likeness (QED) is 0.571. The van der Waals surface area contributed by atoms with Crippen LogP contribution in [0.5, 0.6) is 0 Å². The van der Waals surface area contributed by atoms with Crippen LogP contribution in [0.4, 0.5) is 11.4 Å². The number of carbonyl (C=O) groups excluding carboxylic acids is 1. The third kappa shape index (κ3) is 3.40. The van der Waals surface area contributed by atoms with Gasteiger partial charge in [0.1, 0.15) is 0 Å². The smallest absolute Gasteiger partial charge is 0.241 e. The van der Waals surface area contributed by atoms with Crippen molar-refractivity contribution < 1.29 is 4.79 Å². The molecular weight excluding hydrogens is 338 g/mol. The van der Waals surface area contributed by atoms with Gasteiger partial charge in [0.2, 0.25) is 5.91 Å². The number of anilines is 2. The highest BCUT2D eigenvalue weighted by Gasteiger charge is 2.25. The summed E-state index contributed by atoms with van der Waals surface area (Å²) in [7, 11) is 0. The van der Waals surface area contributed by atoms with Crippen molar-refractivity contribution in [2.24, 2.45) is 0 Å². The standard InChI is InChI=1S/C23H21NOS/c1-17-10-14-20(15-11-17)26-16-23(25)24-21-8-4-2-6-18(21)12-13-19-7-3-5-9-22(19)24/h2-11,14-15H,12-13,16H2,1H3. The van der Waals surface area contributed by atoms with Crippen LogP contribution in [0.3, 0.4) is 0 Å². The number of aryl methyl sites for hydroxylation is 3. The van der Waals surface area contributed by atoms with Crippen molar-refractivity contribution in [3.63, 3.8) is 0 Å². The lowest BCUT2D eigenvalue weighted by Crippen LogP contribution is -2.28. The maximum atomic E-state index is 13.2. The van der Waals surface area contributed by atoms with Crippen molar-refractivity contribution >= 4 is 29.0 Å². The fourth-order valence-electron chi connectivity index (χ4n) is 3.39. The number of hydrogen-bond donors (Lipinski definition) is 0. The highest BCUT2D eigenvalue weighted by atomic mass is 32.2. The maximum Gasteiger partial charge on any atom is 0.241 e. The van der Waals surface area contributed by atoms with Gasteiger partial charge in [0.15, 0.2) is 0 Å². The van der Waals surface area contributed by atoms with E-state index in [2.05, 4.69) is 67.6 Å². The molecule has 1 aliphatic heterocycles. The fraction of sp³-hybridized carbons (Fsp3) is 0.174. The van der Waals surface area contributed by atoms with Gasteiger partial charge in [-0.2, -0.15) is 0 Å². The van der Waals surface area contributed by atoms with E-state index in [1.807, 2.05) is 17.0 Å². The second-order valence-corrected chi connectivity index (χ2v) is 7.64. The van der Waals surface area contributed by atoms with Crippen LogP contribution in [-0.2, 0) is 17.6 Å². The van der Waals surface area contributed by atoms with Gasteiger partial charge in [-0.05, 0) is 55.2 Å². The summed E-state index contributed by atoms with van der Waals surface area (Å²) in [5, 5.41) is 0. The van der Waals surface area contributed by atoms with Crippen LogP contribution in [0.2, 0.25) is 0 Å². The summed E-state index contributed by atoms with van der Waals surface area (Å²) >= 11 is 1.60. The Morgan fingerprint density at radius 1 is 0.846 bits per heavy atom. The van der Waals surface area contributed by atoms with Crippen molar-refractivity contribution in [3.05, 3.63) is 89.5 Å². The number of rotatable bonds is 3. The minimum Gasteiger partial charge on any atom is -0.280 e. The number of benzene rings is 3. The van der Waals surface area contributed by atoms with Crippen LogP contribution in [0.1, 0.15) is 16.7 Å². The van der Waals surface area contributed by atoms with E-state index >= 15 is 0 Å². The molecule has 0 fully saturated rings. The molecule has 0 aromatic heterocycles. The summed E-state index contributed by atoms with van der Waals surface area (Å²) in [6, 6.07) is 24.9. The van der Waals surface area contributed by atoms with E-state index in [1.165, 1.54) is 16.7 Å². The molecule has 0 N–H and O–H groups in total. The van der Waals surface area contributed by atoms with Gasteiger partial charge in [0.25, 0.3) is 0 Å². The molecule has 4 rings (SSSR count). The molecule has 1 heterocycles. The van der Waals surface area contributed by atoms with E-state index in [9.17, 15) is 4.79 Å². The summed E-state index contributed by atoms with van der Waals surface area (Å²) in [6.07, 6.45) is 1.92. The minimum absolute atomic E-state index is 0.123. The van der Waals surface area contributed by atoms with Crippen LogP contribution < -0.4 is 4.90 Å². The Balaban J connectivity index is 1.65. The normalized spacial score (nSPS) is 12.9. The molecule has 1 amide bonds. The molecule has 0 saturated carbocycles. The molecule has 3 heteroatoms. The van der Waals surface area contributed by atoms with Gasteiger partial charge in [0.05, 0.1) is 17.1 Å². The Labute approximate surface area is 158 Å². The lowest BCUT2D eigenvalue weighted by Gasteiger charge is -2.25. The van der Waals surface area contributed by atoms with Gasteiger partial charge in [-0.1, -0.05) is 54.1 Å². The minimum atomic E-state index is 0.123. The molecule has 0 aliphatic carbocycles. The number of para-hydroxylation sites is 2. The third-order valence-corrected chi connectivity index (χ3v) is 5.76. The van der Waals surface area contributed by atoms with E-state index in [1.54, 1.807) is 11.8 Å².